The summed E-state index contributed by atoms with van der Waals surface area (Å²) < 4.78 is 15.5. The summed E-state index contributed by atoms with van der Waals surface area (Å²) >= 11 is 0. The minimum atomic E-state index is 0.221. The largest absolute Gasteiger partial charge is 0.379 e. The SMILES string of the molecule is CO[C@H]1COC[C@H](OC)C1. The van der Waals surface area contributed by atoms with E-state index in [1.807, 2.05) is 0 Å². The van der Waals surface area contributed by atoms with Crippen LogP contribution in [0.4, 0.5) is 0 Å². The summed E-state index contributed by atoms with van der Waals surface area (Å²) in [6.07, 6.45) is 1.39. The molecule has 1 heterocycles. The van der Waals surface area contributed by atoms with Gasteiger partial charge in [-0.1, -0.05) is 0 Å². The Labute approximate surface area is 61.3 Å². The average Bonchev–Trinajstić information content (AvgIpc) is 2.05. The van der Waals surface area contributed by atoms with Crippen molar-refractivity contribution in [2.75, 3.05) is 27.4 Å². The molecule has 1 aliphatic heterocycles. The number of ether oxygens (including phenoxy) is 3. The van der Waals surface area contributed by atoms with Crippen molar-refractivity contribution >= 4 is 0 Å². The monoisotopic (exact) mass is 146 g/mol. The van der Waals surface area contributed by atoms with Crippen molar-refractivity contribution < 1.29 is 14.2 Å². The van der Waals surface area contributed by atoms with Crippen LogP contribution in [0.15, 0.2) is 0 Å². The summed E-state index contributed by atoms with van der Waals surface area (Å²) in [7, 11) is 3.40. The van der Waals surface area contributed by atoms with Gasteiger partial charge in [0.15, 0.2) is 0 Å². The van der Waals surface area contributed by atoms with E-state index in [2.05, 4.69) is 0 Å². The van der Waals surface area contributed by atoms with E-state index in [4.69, 9.17) is 14.2 Å². The second-order valence-electron chi connectivity index (χ2n) is 2.49. The normalized spacial score (nSPS) is 34.2. The van der Waals surface area contributed by atoms with Crippen LogP contribution in [0.1, 0.15) is 6.42 Å². The van der Waals surface area contributed by atoms with Crippen molar-refractivity contribution in [3.8, 4) is 0 Å². The van der Waals surface area contributed by atoms with Gasteiger partial charge in [-0.2, -0.15) is 0 Å². The minimum Gasteiger partial charge on any atom is -0.379 e. The lowest BCUT2D eigenvalue weighted by Gasteiger charge is -2.27. The lowest BCUT2D eigenvalue weighted by atomic mass is 10.1. The molecule has 10 heavy (non-hydrogen) atoms. The van der Waals surface area contributed by atoms with Crippen LogP contribution in [-0.2, 0) is 14.2 Å². The molecular formula is C7H14O3. The molecule has 1 aliphatic rings. The van der Waals surface area contributed by atoms with Gasteiger partial charge in [0.2, 0.25) is 0 Å². The molecule has 0 aromatic rings. The fourth-order valence-electron chi connectivity index (χ4n) is 1.09. The molecule has 0 aromatic heterocycles. The first-order valence-corrected chi connectivity index (χ1v) is 3.50. The predicted octanol–water partition coefficient (Wildman–Crippen LogP) is 0.437. The van der Waals surface area contributed by atoms with E-state index in [9.17, 15) is 0 Å². The topological polar surface area (TPSA) is 27.7 Å². The lowest BCUT2D eigenvalue weighted by molar-refractivity contribution is -0.0977. The zero-order valence-electron chi connectivity index (χ0n) is 6.50. The van der Waals surface area contributed by atoms with Crippen molar-refractivity contribution in [3.05, 3.63) is 0 Å². The first-order chi connectivity index (χ1) is 4.86. The highest BCUT2D eigenvalue weighted by molar-refractivity contribution is 4.70. The summed E-state index contributed by atoms with van der Waals surface area (Å²) in [6.45, 7) is 1.41. The Balaban J connectivity index is 2.25. The third-order valence-corrected chi connectivity index (χ3v) is 1.80. The zero-order valence-corrected chi connectivity index (χ0v) is 6.50. The van der Waals surface area contributed by atoms with Gasteiger partial charge in [-0.15, -0.1) is 0 Å². The zero-order chi connectivity index (χ0) is 7.40. The third kappa shape index (κ3) is 1.94. The molecule has 0 aliphatic carbocycles. The molecule has 0 aromatic carbocycles. The Hall–Kier alpha value is -0.120. The van der Waals surface area contributed by atoms with Gasteiger partial charge in [-0.25, -0.2) is 0 Å². The van der Waals surface area contributed by atoms with Crippen molar-refractivity contribution in [2.45, 2.75) is 18.6 Å². The van der Waals surface area contributed by atoms with Crippen molar-refractivity contribution in [1.82, 2.24) is 0 Å². The maximum Gasteiger partial charge on any atom is 0.0830 e. The molecule has 0 bridgehead atoms. The summed E-state index contributed by atoms with van der Waals surface area (Å²) in [6, 6.07) is 0. The first-order valence-electron chi connectivity index (χ1n) is 3.50. The van der Waals surface area contributed by atoms with E-state index in [1.165, 1.54) is 0 Å². The van der Waals surface area contributed by atoms with E-state index in [1.54, 1.807) is 14.2 Å². The van der Waals surface area contributed by atoms with Gasteiger partial charge in [-0.05, 0) is 0 Å². The Morgan fingerprint density at radius 1 is 1.10 bits per heavy atom. The molecule has 0 N–H and O–H groups in total. The quantitative estimate of drug-likeness (QED) is 0.565. The molecule has 2 atom stereocenters. The maximum atomic E-state index is 5.23. The highest BCUT2D eigenvalue weighted by Gasteiger charge is 2.21. The standard InChI is InChI=1S/C7H14O3/c1-8-6-3-7(9-2)5-10-4-6/h6-7H,3-5H2,1-2H3/t6-,7-/m1/s1. The van der Waals surface area contributed by atoms with Crippen LogP contribution in [0.25, 0.3) is 0 Å². The molecule has 1 rings (SSSR count). The number of methoxy groups -OCH3 is 2. The van der Waals surface area contributed by atoms with Gasteiger partial charge in [0, 0.05) is 20.6 Å². The summed E-state index contributed by atoms with van der Waals surface area (Å²) in [4.78, 5) is 0. The summed E-state index contributed by atoms with van der Waals surface area (Å²) in [5, 5.41) is 0. The number of rotatable bonds is 2. The highest BCUT2D eigenvalue weighted by Crippen LogP contribution is 2.11. The van der Waals surface area contributed by atoms with Gasteiger partial charge in [0.05, 0.1) is 25.4 Å². The van der Waals surface area contributed by atoms with E-state index in [0.717, 1.165) is 6.42 Å². The molecule has 3 heteroatoms. The van der Waals surface area contributed by atoms with Crippen molar-refractivity contribution in [3.63, 3.8) is 0 Å². The molecule has 0 radical (unpaired) electrons. The van der Waals surface area contributed by atoms with E-state index in [0.29, 0.717) is 13.2 Å². The predicted molar refractivity (Wildman–Crippen MR) is 37.0 cm³/mol. The summed E-state index contributed by atoms with van der Waals surface area (Å²) in [5.74, 6) is 0. The lowest BCUT2D eigenvalue weighted by Crippen LogP contribution is -2.35. The fourth-order valence-corrected chi connectivity index (χ4v) is 1.09. The third-order valence-electron chi connectivity index (χ3n) is 1.80. The Kier molecular flexibility index (Phi) is 3.12. The maximum absolute atomic E-state index is 5.23. The van der Waals surface area contributed by atoms with Crippen molar-refractivity contribution in [2.24, 2.45) is 0 Å². The van der Waals surface area contributed by atoms with Gasteiger partial charge < -0.3 is 14.2 Å². The molecule has 1 fully saturated rings. The molecule has 60 valence electrons. The minimum absolute atomic E-state index is 0.221. The summed E-state index contributed by atoms with van der Waals surface area (Å²) in [5.41, 5.74) is 0. The molecule has 0 saturated carbocycles. The average molecular weight is 146 g/mol. The van der Waals surface area contributed by atoms with Crippen LogP contribution in [-0.4, -0.2) is 39.6 Å². The molecule has 0 unspecified atom stereocenters. The van der Waals surface area contributed by atoms with Gasteiger partial charge >= 0.3 is 0 Å². The van der Waals surface area contributed by atoms with E-state index < -0.39 is 0 Å². The Morgan fingerprint density at radius 2 is 1.60 bits per heavy atom. The van der Waals surface area contributed by atoms with Gasteiger partial charge in [-0.3, -0.25) is 0 Å². The van der Waals surface area contributed by atoms with Crippen molar-refractivity contribution in [1.29, 1.82) is 0 Å². The fraction of sp³-hybridized carbons (Fsp3) is 1.00. The molecule has 3 nitrogen and oxygen atoms in total. The second-order valence-corrected chi connectivity index (χ2v) is 2.49. The highest BCUT2D eigenvalue weighted by atomic mass is 16.6. The van der Waals surface area contributed by atoms with Crippen LogP contribution < -0.4 is 0 Å². The van der Waals surface area contributed by atoms with Gasteiger partial charge in [0.1, 0.15) is 0 Å². The molecule has 1 saturated heterocycles. The second kappa shape index (κ2) is 3.91. The Bertz CT molecular complexity index is 84.9. The molecular weight excluding hydrogens is 132 g/mol. The van der Waals surface area contributed by atoms with Crippen LogP contribution in [0.2, 0.25) is 0 Å². The molecule has 0 amide bonds. The van der Waals surface area contributed by atoms with Crippen LogP contribution >= 0.6 is 0 Å². The number of hydrogen-bond acceptors (Lipinski definition) is 3. The van der Waals surface area contributed by atoms with Crippen LogP contribution in [0.5, 0.6) is 0 Å². The van der Waals surface area contributed by atoms with Crippen LogP contribution in [0, 0.1) is 0 Å². The van der Waals surface area contributed by atoms with E-state index in [-0.39, 0.29) is 12.2 Å². The smallest absolute Gasteiger partial charge is 0.0830 e. The number of hydrogen-bond donors (Lipinski definition) is 0. The Morgan fingerprint density at radius 3 is 2.00 bits per heavy atom. The van der Waals surface area contributed by atoms with Crippen LogP contribution in [0.3, 0.4) is 0 Å². The van der Waals surface area contributed by atoms with E-state index >= 15 is 0 Å². The van der Waals surface area contributed by atoms with Gasteiger partial charge in [0.25, 0.3) is 0 Å². The first kappa shape index (κ1) is 7.98. The molecule has 0 spiro atoms.